The number of aromatic carboxylic acids is 1. The number of pyridine rings is 1. The Bertz CT molecular complexity index is 1950. The van der Waals surface area contributed by atoms with E-state index in [1.807, 2.05) is 11.5 Å². The normalized spacial score (nSPS) is 17.9. The van der Waals surface area contributed by atoms with Gasteiger partial charge in [-0.3, -0.25) is 0 Å². The molecule has 0 spiro atoms. The molecule has 0 radical (unpaired) electrons. The third-order valence-electron chi connectivity index (χ3n) is 8.18. The maximum absolute atomic E-state index is 15.7. The van der Waals surface area contributed by atoms with Gasteiger partial charge < -0.3 is 23.9 Å². The summed E-state index contributed by atoms with van der Waals surface area (Å²) in [6.07, 6.45) is -0.0804. The topological polar surface area (TPSA) is 95.7 Å². The van der Waals surface area contributed by atoms with Crippen LogP contribution in [0.4, 0.5) is 13.2 Å². The van der Waals surface area contributed by atoms with E-state index < -0.39 is 28.8 Å². The summed E-state index contributed by atoms with van der Waals surface area (Å²) in [5, 5.41) is 9.89. The average molecular weight is 652 g/mol. The van der Waals surface area contributed by atoms with Crippen molar-refractivity contribution in [3.8, 4) is 17.1 Å². The van der Waals surface area contributed by atoms with E-state index in [1.165, 1.54) is 42.5 Å². The number of nitrogens with zero attached hydrogens (tertiary/aromatic N) is 3. The van der Waals surface area contributed by atoms with Crippen LogP contribution in [0.3, 0.4) is 0 Å². The van der Waals surface area contributed by atoms with Crippen LogP contribution in [0.25, 0.3) is 22.3 Å². The van der Waals surface area contributed by atoms with Crippen LogP contribution in [0, 0.1) is 22.9 Å². The third-order valence-corrected chi connectivity index (χ3v) is 8.42. The monoisotopic (exact) mass is 651 g/mol. The summed E-state index contributed by atoms with van der Waals surface area (Å²) in [6.45, 7) is 2.92. The van der Waals surface area contributed by atoms with Gasteiger partial charge in [-0.05, 0) is 54.1 Å². The SMILES string of the molecule is COC[C@@]1(C)COC[C@@H]1n1c(Cc2cc(F)c(-c3cccc(OCc4ccc(Cl)cc4F)n3)cc2F)nc2ccc(C(=O)O)cc21. The second kappa shape index (κ2) is 12.7. The number of aromatic nitrogens is 3. The van der Waals surface area contributed by atoms with Crippen LogP contribution in [-0.2, 0) is 22.5 Å². The van der Waals surface area contributed by atoms with E-state index in [0.717, 1.165) is 12.1 Å². The van der Waals surface area contributed by atoms with E-state index in [0.29, 0.717) is 36.7 Å². The number of fused-ring (bicyclic) bond motifs is 1. The average Bonchev–Trinajstić information content (AvgIpc) is 3.57. The summed E-state index contributed by atoms with van der Waals surface area (Å²) >= 11 is 5.81. The molecule has 1 N–H and O–H groups in total. The number of carboxylic acid groups (broad SMARTS) is 1. The summed E-state index contributed by atoms with van der Waals surface area (Å²) in [5.74, 6) is -2.50. The van der Waals surface area contributed by atoms with E-state index in [9.17, 15) is 14.3 Å². The Kier molecular flexibility index (Phi) is 8.73. The fourth-order valence-corrected chi connectivity index (χ4v) is 5.99. The Morgan fingerprint density at radius 1 is 1.04 bits per heavy atom. The highest BCUT2D eigenvalue weighted by atomic mass is 35.5. The molecule has 8 nitrogen and oxygen atoms in total. The second-order valence-corrected chi connectivity index (χ2v) is 11.9. The van der Waals surface area contributed by atoms with Gasteiger partial charge in [0.2, 0.25) is 5.88 Å². The van der Waals surface area contributed by atoms with Gasteiger partial charge >= 0.3 is 5.97 Å². The molecule has 0 aliphatic carbocycles. The van der Waals surface area contributed by atoms with Crippen LogP contribution in [0.15, 0.2) is 66.7 Å². The van der Waals surface area contributed by atoms with Crippen molar-refractivity contribution in [1.29, 1.82) is 0 Å². The maximum Gasteiger partial charge on any atom is 0.335 e. The first-order valence-corrected chi connectivity index (χ1v) is 14.8. The quantitative estimate of drug-likeness (QED) is 0.170. The molecule has 1 fully saturated rings. The van der Waals surface area contributed by atoms with Gasteiger partial charge in [0.1, 0.15) is 29.9 Å². The summed E-state index contributed by atoms with van der Waals surface area (Å²) < 4.78 is 64.3. The number of rotatable bonds is 10. The molecular formula is C34H29ClF3N3O5. The highest BCUT2D eigenvalue weighted by Gasteiger charge is 2.43. The molecule has 238 valence electrons. The van der Waals surface area contributed by atoms with Crippen molar-refractivity contribution in [2.24, 2.45) is 5.41 Å². The van der Waals surface area contributed by atoms with Crippen molar-refractivity contribution in [2.75, 3.05) is 26.9 Å². The van der Waals surface area contributed by atoms with Gasteiger partial charge in [-0.2, -0.15) is 0 Å². The van der Waals surface area contributed by atoms with Crippen LogP contribution < -0.4 is 4.74 Å². The maximum atomic E-state index is 15.7. The molecule has 2 aromatic heterocycles. The summed E-state index contributed by atoms with van der Waals surface area (Å²) in [4.78, 5) is 20.8. The standard InChI is InChI=1S/C34H29ClF3N3O5/c1-34(17-44-2)18-45-16-30(34)41-29-11-19(33(42)43)7-9-28(29)39-31(41)12-21-10-26(38)23(14-25(21)37)27-4-3-5-32(40-27)46-15-20-6-8-22(35)13-24(20)36/h3-11,13-14,30H,12,15-18H2,1-2H3,(H,42,43)/t30-,34-/m0/s1. The van der Waals surface area contributed by atoms with Crippen LogP contribution in [-0.4, -0.2) is 52.5 Å². The van der Waals surface area contributed by atoms with Gasteiger partial charge in [0.15, 0.2) is 0 Å². The van der Waals surface area contributed by atoms with E-state index >= 15 is 8.78 Å². The van der Waals surface area contributed by atoms with Crippen LogP contribution in [0.2, 0.25) is 5.02 Å². The van der Waals surface area contributed by atoms with Gasteiger partial charge in [-0.15, -0.1) is 0 Å². The zero-order chi connectivity index (χ0) is 32.6. The smallest absolute Gasteiger partial charge is 0.335 e. The van der Waals surface area contributed by atoms with Crippen LogP contribution in [0.1, 0.15) is 40.3 Å². The van der Waals surface area contributed by atoms with Crippen molar-refractivity contribution in [3.05, 3.63) is 112 Å². The Morgan fingerprint density at radius 3 is 2.61 bits per heavy atom. The van der Waals surface area contributed by atoms with Gasteiger partial charge in [-0.1, -0.05) is 30.7 Å². The molecule has 1 saturated heterocycles. The zero-order valence-corrected chi connectivity index (χ0v) is 25.7. The first-order chi connectivity index (χ1) is 22.1. The largest absolute Gasteiger partial charge is 0.478 e. The molecule has 5 aromatic rings. The number of benzene rings is 3. The third kappa shape index (κ3) is 6.18. The number of ether oxygens (including phenoxy) is 3. The van der Waals surface area contributed by atoms with Gasteiger partial charge in [-0.25, -0.2) is 27.9 Å². The molecule has 2 atom stereocenters. The lowest BCUT2D eigenvalue weighted by Gasteiger charge is -2.31. The van der Waals surface area contributed by atoms with Crippen molar-refractivity contribution in [2.45, 2.75) is 26.0 Å². The van der Waals surface area contributed by atoms with Gasteiger partial charge in [0.05, 0.1) is 48.2 Å². The molecule has 0 amide bonds. The van der Waals surface area contributed by atoms with E-state index in [2.05, 4.69) is 4.98 Å². The zero-order valence-electron chi connectivity index (χ0n) is 24.9. The predicted octanol–water partition coefficient (Wildman–Crippen LogP) is 7.26. The summed E-state index contributed by atoms with van der Waals surface area (Å²) in [5.41, 5.74) is 1.01. The molecule has 3 heterocycles. The number of hydrogen-bond acceptors (Lipinski definition) is 6. The van der Waals surface area contributed by atoms with Crippen molar-refractivity contribution in [3.63, 3.8) is 0 Å². The highest BCUT2D eigenvalue weighted by Crippen LogP contribution is 2.41. The highest BCUT2D eigenvalue weighted by molar-refractivity contribution is 6.30. The van der Waals surface area contributed by atoms with Crippen molar-refractivity contribution >= 4 is 28.6 Å². The number of carboxylic acids is 1. The fourth-order valence-electron chi connectivity index (χ4n) is 5.83. The first-order valence-electron chi connectivity index (χ1n) is 14.4. The molecule has 12 heteroatoms. The summed E-state index contributed by atoms with van der Waals surface area (Å²) in [6, 6.07) is 15.3. The molecule has 1 aliphatic rings. The predicted molar refractivity (Wildman–Crippen MR) is 165 cm³/mol. The van der Waals surface area contributed by atoms with Gasteiger partial charge in [0.25, 0.3) is 0 Å². The Balaban J connectivity index is 1.32. The minimum absolute atomic E-state index is 0.0502. The number of carbonyl (C=O) groups is 1. The fraction of sp³-hybridized carbons (Fsp3) is 0.265. The second-order valence-electron chi connectivity index (χ2n) is 11.5. The number of imidazole rings is 1. The van der Waals surface area contributed by atoms with E-state index in [1.54, 1.807) is 19.2 Å². The minimum atomic E-state index is -1.09. The molecule has 1 aliphatic heterocycles. The van der Waals surface area contributed by atoms with Crippen molar-refractivity contribution in [1.82, 2.24) is 14.5 Å². The number of hydrogen-bond donors (Lipinski definition) is 1. The Morgan fingerprint density at radius 2 is 1.85 bits per heavy atom. The molecule has 46 heavy (non-hydrogen) atoms. The molecule has 0 saturated carbocycles. The summed E-state index contributed by atoms with van der Waals surface area (Å²) in [7, 11) is 1.59. The first kappa shape index (κ1) is 31.5. The van der Waals surface area contributed by atoms with Crippen molar-refractivity contribution < 1.29 is 37.3 Å². The van der Waals surface area contributed by atoms with Gasteiger partial charge in [0, 0.05) is 41.2 Å². The minimum Gasteiger partial charge on any atom is -0.478 e. The van der Waals surface area contributed by atoms with E-state index in [4.69, 9.17) is 30.8 Å². The lowest BCUT2D eigenvalue weighted by Crippen LogP contribution is -2.34. The van der Waals surface area contributed by atoms with Crippen LogP contribution >= 0.6 is 11.6 Å². The Labute approximate surface area is 267 Å². The lowest BCUT2D eigenvalue weighted by atomic mass is 9.85. The molecule has 3 aromatic carbocycles. The van der Waals surface area contributed by atoms with E-state index in [-0.39, 0.29) is 57.9 Å². The van der Waals surface area contributed by atoms with Crippen LogP contribution in [0.5, 0.6) is 5.88 Å². The molecule has 0 unspecified atom stereocenters. The number of halogens is 4. The molecule has 0 bridgehead atoms. The number of methoxy groups -OCH3 is 1. The Hall–Kier alpha value is -4.45. The lowest BCUT2D eigenvalue weighted by molar-refractivity contribution is 0.0614. The molecular weight excluding hydrogens is 623 g/mol. The molecule has 6 rings (SSSR count).